The Morgan fingerprint density at radius 2 is 1.89 bits per heavy atom. The van der Waals surface area contributed by atoms with Crippen molar-refractivity contribution in [3.63, 3.8) is 0 Å². The molecule has 2 aromatic carbocycles. The largest absolute Gasteiger partial charge is 0.445 e. The van der Waals surface area contributed by atoms with Crippen molar-refractivity contribution in [2.75, 3.05) is 6.61 Å². The number of ether oxygens (including phenoxy) is 1. The number of aromatic nitrogens is 2. The van der Waals surface area contributed by atoms with Crippen LogP contribution in [0, 0.1) is 0 Å². The summed E-state index contributed by atoms with van der Waals surface area (Å²) in [6.45, 7) is 2.44. The molecule has 178 valence electrons. The summed E-state index contributed by atoms with van der Waals surface area (Å²) in [6, 6.07) is 18.1. The average molecular weight is 529 g/mol. The van der Waals surface area contributed by atoms with Crippen molar-refractivity contribution in [2.45, 2.75) is 19.6 Å². The Morgan fingerprint density at radius 3 is 2.60 bits per heavy atom. The minimum Gasteiger partial charge on any atom is -0.445 e. The number of rotatable bonds is 5. The lowest BCUT2D eigenvalue weighted by atomic mass is 10.0. The van der Waals surface area contributed by atoms with Crippen molar-refractivity contribution >= 4 is 52.4 Å². The molecule has 0 spiro atoms. The second-order valence-electron chi connectivity index (χ2n) is 8.09. The van der Waals surface area contributed by atoms with Gasteiger partial charge in [-0.2, -0.15) is 5.10 Å². The molecule has 0 fully saturated rings. The zero-order chi connectivity index (χ0) is 24.5. The summed E-state index contributed by atoms with van der Waals surface area (Å²) < 4.78 is 13.0. The third kappa shape index (κ3) is 4.88. The normalized spacial score (nSPS) is 15.1. The van der Waals surface area contributed by atoms with E-state index in [9.17, 15) is 4.79 Å². The molecule has 5 rings (SSSR count). The third-order valence-corrected chi connectivity index (χ3v) is 6.44. The Balaban J connectivity index is 1.61. The molecule has 4 aromatic rings. The molecule has 2 aromatic heterocycles. The van der Waals surface area contributed by atoms with Crippen molar-refractivity contribution in [1.82, 2.24) is 15.1 Å². The molecular weight excluding hydrogens is 509 g/mol. The molecule has 1 amide bonds. The Bertz CT molecular complexity index is 1430. The van der Waals surface area contributed by atoms with Gasteiger partial charge in [0, 0.05) is 16.2 Å². The number of hydrogen-bond donors (Lipinski definition) is 1. The number of nitrogens with zero attached hydrogens (tertiary/aromatic N) is 2. The molecular formula is C26H20Cl3N3O3. The zero-order valence-electron chi connectivity index (χ0n) is 18.6. The predicted molar refractivity (Wildman–Crippen MR) is 137 cm³/mol. The van der Waals surface area contributed by atoms with Gasteiger partial charge >= 0.3 is 0 Å². The zero-order valence-corrected chi connectivity index (χ0v) is 20.9. The van der Waals surface area contributed by atoms with Crippen molar-refractivity contribution in [3.8, 4) is 5.69 Å². The fourth-order valence-electron chi connectivity index (χ4n) is 4.04. The van der Waals surface area contributed by atoms with E-state index < -0.39 is 0 Å². The maximum atomic E-state index is 13.4. The van der Waals surface area contributed by atoms with E-state index in [2.05, 4.69) is 5.32 Å². The standard InChI is InChI=1S/C26H20Cl3N3O3/c1-15(16-5-3-2-4-6-16)30-26(33)24-20-14-34-13-17(11-19-8-10-23(29)35-19)25(20)32(31-24)22-9-7-18(27)12-21(22)28/h2-12,15H,13-14H2,1H3,(H,30,33)/t15-/m0/s1. The number of halogens is 3. The summed E-state index contributed by atoms with van der Waals surface area (Å²) in [5.74, 6) is 0.243. The molecule has 0 radical (unpaired) electrons. The van der Waals surface area contributed by atoms with Crippen LogP contribution in [0.4, 0.5) is 0 Å². The van der Waals surface area contributed by atoms with Crippen LogP contribution in [-0.2, 0) is 11.3 Å². The van der Waals surface area contributed by atoms with E-state index in [1.807, 2.05) is 43.3 Å². The molecule has 35 heavy (non-hydrogen) atoms. The average Bonchev–Trinajstić information content (AvgIpc) is 3.43. The van der Waals surface area contributed by atoms with Crippen LogP contribution in [0.2, 0.25) is 15.3 Å². The Kier molecular flexibility index (Phi) is 6.71. The quantitative estimate of drug-likeness (QED) is 0.303. The molecule has 0 saturated heterocycles. The van der Waals surface area contributed by atoms with Gasteiger partial charge in [-0.15, -0.1) is 0 Å². The maximum absolute atomic E-state index is 13.4. The molecule has 0 bridgehead atoms. The smallest absolute Gasteiger partial charge is 0.272 e. The highest BCUT2D eigenvalue weighted by Crippen LogP contribution is 2.35. The van der Waals surface area contributed by atoms with E-state index in [1.54, 1.807) is 35.0 Å². The molecule has 1 aliphatic rings. The highest BCUT2D eigenvalue weighted by atomic mass is 35.5. The van der Waals surface area contributed by atoms with Gasteiger partial charge in [0.05, 0.1) is 35.7 Å². The molecule has 6 nitrogen and oxygen atoms in total. The van der Waals surface area contributed by atoms with Gasteiger partial charge in [0.15, 0.2) is 10.9 Å². The van der Waals surface area contributed by atoms with Crippen LogP contribution >= 0.6 is 34.8 Å². The van der Waals surface area contributed by atoms with Crippen LogP contribution in [0.15, 0.2) is 65.1 Å². The molecule has 1 atom stereocenters. The summed E-state index contributed by atoms with van der Waals surface area (Å²) in [7, 11) is 0. The predicted octanol–water partition coefficient (Wildman–Crippen LogP) is 6.99. The monoisotopic (exact) mass is 527 g/mol. The van der Waals surface area contributed by atoms with Crippen LogP contribution in [0.25, 0.3) is 17.3 Å². The number of hydrogen-bond acceptors (Lipinski definition) is 4. The number of fused-ring (bicyclic) bond motifs is 1. The van der Waals surface area contributed by atoms with Crippen LogP contribution in [0.5, 0.6) is 0 Å². The fraction of sp³-hybridized carbons (Fsp3) is 0.154. The number of benzene rings is 2. The highest BCUT2D eigenvalue weighted by molar-refractivity contribution is 6.35. The van der Waals surface area contributed by atoms with Crippen molar-refractivity contribution in [2.24, 2.45) is 0 Å². The third-order valence-electron chi connectivity index (χ3n) is 5.70. The van der Waals surface area contributed by atoms with Crippen LogP contribution in [0.1, 0.15) is 46.0 Å². The first-order valence-electron chi connectivity index (χ1n) is 10.9. The van der Waals surface area contributed by atoms with Gasteiger partial charge in [-0.25, -0.2) is 4.68 Å². The Labute approximate surface area is 217 Å². The van der Waals surface area contributed by atoms with E-state index in [0.717, 1.165) is 11.1 Å². The van der Waals surface area contributed by atoms with E-state index in [1.165, 1.54) is 0 Å². The fourth-order valence-corrected chi connectivity index (χ4v) is 4.68. The van der Waals surface area contributed by atoms with Gasteiger partial charge in [-0.3, -0.25) is 4.79 Å². The summed E-state index contributed by atoms with van der Waals surface area (Å²) in [4.78, 5) is 13.4. The number of nitrogens with one attached hydrogen (secondary N) is 1. The van der Waals surface area contributed by atoms with Gasteiger partial charge in [0.2, 0.25) is 0 Å². The molecule has 0 aliphatic carbocycles. The molecule has 3 heterocycles. The Morgan fingerprint density at radius 1 is 1.09 bits per heavy atom. The van der Waals surface area contributed by atoms with Crippen LogP contribution in [-0.4, -0.2) is 22.3 Å². The topological polar surface area (TPSA) is 69.3 Å². The number of furan rings is 1. The number of amides is 1. The first-order valence-corrected chi connectivity index (χ1v) is 12.0. The van der Waals surface area contributed by atoms with Crippen LogP contribution in [0.3, 0.4) is 0 Å². The van der Waals surface area contributed by atoms with E-state index >= 15 is 0 Å². The van der Waals surface area contributed by atoms with Crippen molar-refractivity contribution in [3.05, 3.63) is 104 Å². The van der Waals surface area contributed by atoms with Gasteiger partial charge in [-0.05, 0) is 60.5 Å². The van der Waals surface area contributed by atoms with Crippen molar-refractivity contribution < 1.29 is 13.9 Å². The van der Waals surface area contributed by atoms with E-state index in [0.29, 0.717) is 39.4 Å². The SMILES string of the molecule is C[C@H](NC(=O)c1nn(-c2ccc(Cl)cc2Cl)c2c1COCC2=Cc1ccc(Cl)o1)c1ccccc1. The second kappa shape index (κ2) is 9.91. The lowest BCUT2D eigenvalue weighted by Gasteiger charge is -2.19. The van der Waals surface area contributed by atoms with E-state index in [4.69, 9.17) is 49.1 Å². The molecule has 1 N–H and O–H groups in total. The molecule has 0 unspecified atom stereocenters. The second-order valence-corrected chi connectivity index (χ2v) is 9.31. The van der Waals surface area contributed by atoms with Gasteiger partial charge in [-0.1, -0.05) is 53.5 Å². The van der Waals surface area contributed by atoms with Gasteiger partial charge < -0.3 is 14.5 Å². The number of carbonyl (C=O) groups excluding carboxylic acids is 1. The minimum absolute atomic E-state index is 0.214. The van der Waals surface area contributed by atoms with E-state index in [-0.39, 0.29) is 29.5 Å². The van der Waals surface area contributed by atoms with Gasteiger partial charge in [0.25, 0.3) is 5.91 Å². The van der Waals surface area contributed by atoms with Crippen LogP contribution < -0.4 is 5.32 Å². The lowest BCUT2D eigenvalue weighted by Crippen LogP contribution is -2.28. The van der Waals surface area contributed by atoms with Crippen molar-refractivity contribution in [1.29, 1.82) is 0 Å². The molecule has 1 aliphatic heterocycles. The maximum Gasteiger partial charge on any atom is 0.272 e. The summed E-state index contributed by atoms with van der Waals surface area (Å²) in [6.07, 6.45) is 1.82. The first kappa shape index (κ1) is 23.7. The summed E-state index contributed by atoms with van der Waals surface area (Å²) >= 11 is 18.6. The summed E-state index contributed by atoms with van der Waals surface area (Å²) in [5, 5.41) is 8.91. The minimum atomic E-state index is -0.313. The Hall–Kier alpha value is -3.03. The lowest BCUT2D eigenvalue weighted by molar-refractivity contribution is 0.0926. The molecule has 9 heteroatoms. The van der Waals surface area contributed by atoms with Gasteiger partial charge in [0.1, 0.15) is 5.76 Å². The highest BCUT2D eigenvalue weighted by Gasteiger charge is 2.30. The first-order chi connectivity index (χ1) is 16.9. The summed E-state index contributed by atoms with van der Waals surface area (Å²) in [5.41, 5.74) is 3.98. The number of carbonyl (C=O) groups is 1. The molecule has 0 saturated carbocycles.